The Bertz CT molecular complexity index is 861. The summed E-state index contributed by atoms with van der Waals surface area (Å²) in [6.07, 6.45) is 0. The number of hydrogen-bond acceptors (Lipinski definition) is 5. The van der Waals surface area contributed by atoms with E-state index in [1.54, 1.807) is 13.2 Å². The number of carbonyl (C=O) groups is 1. The van der Waals surface area contributed by atoms with Gasteiger partial charge in [-0.05, 0) is 38.1 Å². The normalized spacial score (nSPS) is 10.5. The molecule has 0 unspecified atom stereocenters. The van der Waals surface area contributed by atoms with Gasteiger partial charge < -0.3 is 30.2 Å². The van der Waals surface area contributed by atoms with Gasteiger partial charge in [0.25, 0.3) is 0 Å². The molecule has 31 heavy (non-hydrogen) atoms. The second-order valence-electron chi connectivity index (χ2n) is 6.24. The van der Waals surface area contributed by atoms with E-state index in [0.29, 0.717) is 48.7 Å². The number of nitrogens with one attached hydrogen (secondary N) is 3. The third-order valence-corrected chi connectivity index (χ3v) is 3.85. The number of halogens is 1. The molecule has 9 heteroatoms. The first-order valence-electron chi connectivity index (χ1n) is 9.92. The van der Waals surface area contributed by atoms with E-state index < -0.39 is 0 Å². The van der Waals surface area contributed by atoms with Crippen molar-refractivity contribution in [2.24, 2.45) is 4.99 Å². The van der Waals surface area contributed by atoms with Gasteiger partial charge in [0.1, 0.15) is 12.4 Å². The van der Waals surface area contributed by atoms with Crippen LogP contribution in [0.5, 0.6) is 17.2 Å². The van der Waals surface area contributed by atoms with Crippen LogP contribution in [0.15, 0.2) is 47.5 Å². The molecule has 170 valence electrons. The lowest BCUT2D eigenvalue weighted by molar-refractivity contribution is -0.114. The molecule has 2 rings (SSSR count). The van der Waals surface area contributed by atoms with Crippen LogP contribution < -0.4 is 30.2 Å². The average molecular weight is 542 g/mol. The summed E-state index contributed by atoms with van der Waals surface area (Å²) in [5, 5.41) is 9.19. The van der Waals surface area contributed by atoms with Crippen LogP contribution in [-0.2, 0) is 4.79 Å². The van der Waals surface area contributed by atoms with Gasteiger partial charge in [-0.3, -0.25) is 4.79 Å². The summed E-state index contributed by atoms with van der Waals surface area (Å²) in [6, 6.07) is 12.9. The molecule has 0 aromatic heterocycles. The lowest BCUT2D eigenvalue weighted by Gasteiger charge is -2.14. The predicted molar refractivity (Wildman–Crippen MR) is 135 cm³/mol. The highest BCUT2D eigenvalue weighted by Gasteiger charge is 2.07. The van der Waals surface area contributed by atoms with Crippen molar-refractivity contribution in [1.82, 2.24) is 5.32 Å². The molecule has 0 radical (unpaired) electrons. The van der Waals surface area contributed by atoms with Gasteiger partial charge in [0.2, 0.25) is 5.91 Å². The van der Waals surface area contributed by atoms with Crippen LogP contribution in [-0.4, -0.2) is 45.3 Å². The molecule has 2 aromatic rings. The molecule has 0 bridgehead atoms. The van der Waals surface area contributed by atoms with E-state index in [-0.39, 0.29) is 29.9 Å². The maximum absolute atomic E-state index is 11.2. The molecule has 0 atom stereocenters. The lowest BCUT2D eigenvalue weighted by atomic mass is 10.2. The Morgan fingerprint density at radius 3 is 2.45 bits per heavy atom. The Morgan fingerprint density at radius 2 is 1.77 bits per heavy atom. The maximum Gasteiger partial charge on any atom is 0.221 e. The number of anilines is 2. The van der Waals surface area contributed by atoms with Gasteiger partial charge >= 0.3 is 0 Å². The van der Waals surface area contributed by atoms with Gasteiger partial charge in [-0.25, -0.2) is 4.99 Å². The van der Waals surface area contributed by atoms with Crippen molar-refractivity contribution in [3.8, 4) is 17.2 Å². The number of hydrogen-bond donors (Lipinski definition) is 3. The standard InChI is InChI=1S/C22H30N4O4.HI/c1-5-23-22(26-18-10-11-20(29-6-2)21(15-18)28-4)24-12-13-30-19-9-7-8-17(14-19)25-16(3)27;/h7-11,14-15H,5-6,12-13H2,1-4H3,(H,25,27)(H2,23,24,26);1H. The minimum atomic E-state index is -0.121. The van der Waals surface area contributed by atoms with Gasteiger partial charge in [0, 0.05) is 37.0 Å². The van der Waals surface area contributed by atoms with Crippen LogP contribution >= 0.6 is 24.0 Å². The van der Waals surface area contributed by atoms with E-state index in [0.717, 1.165) is 12.2 Å². The number of rotatable bonds is 10. The van der Waals surface area contributed by atoms with Gasteiger partial charge in [-0.2, -0.15) is 0 Å². The van der Waals surface area contributed by atoms with Gasteiger partial charge in [-0.1, -0.05) is 6.07 Å². The van der Waals surface area contributed by atoms with Crippen molar-refractivity contribution < 1.29 is 19.0 Å². The van der Waals surface area contributed by atoms with Gasteiger partial charge in [-0.15, -0.1) is 24.0 Å². The average Bonchev–Trinajstić information content (AvgIpc) is 2.72. The van der Waals surface area contributed by atoms with Gasteiger partial charge in [0.05, 0.1) is 20.3 Å². The summed E-state index contributed by atoms with van der Waals surface area (Å²) in [4.78, 5) is 15.7. The molecule has 2 aromatic carbocycles. The van der Waals surface area contributed by atoms with Crippen LogP contribution in [0.25, 0.3) is 0 Å². The summed E-state index contributed by atoms with van der Waals surface area (Å²) in [7, 11) is 1.61. The number of methoxy groups -OCH3 is 1. The van der Waals surface area contributed by atoms with E-state index in [2.05, 4.69) is 20.9 Å². The number of aliphatic imine (C=N–C) groups is 1. The summed E-state index contributed by atoms with van der Waals surface area (Å²) < 4.78 is 16.7. The largest absolute Gasteiger partial charge is 0.493 e. The lowest BCUT2D eigenvalue weighted by Crippen LogP contribution is -2.31. The first-order chi connectivity index (χ1) is 14.5. The minimum absolute atomic E-state index is 0. The molecule has 1 amide bonds. The molecule has 0 fully saturated rings. The maximum atomic E-state index is 11.2. The van der Waals surface area contributed by atoms with E-state index in [9.17, 15) is 4.79 Å². The van der Waals surface area contributed by atoms with Crippen LogP contribution in [0.1, 0.15) is 20.8 Å². The summed E-state index contributed by atoms with van der Waals surface area (Å²) in [5.74, 6) is 2.54. The highest BCUT2D eigenvalue weighted by atomic mass is 127. The number of guanidine groups is 1. The molecule has 3 N–H and O–H groups in total. The highest BCUT2D eigenvalue weighted by molar-refractivity contribution is 14.0. The third-order valence-electron chi connectivity index (χ3n) is 3.85. The van der Waals surface area contributed by atoms with Crippen LogP contribution in [0.2, 0.25) is 0 Å². The number of amides is 1. The third kappa shape index (κ3) is 9.33. The van der Waals surface area contributed by atoms with Crippen molar-refractivity contribution in [1.29, 1.82) is 0 Å². The monoisotopic (exact) mass is 542 g/mol. The second-order valence-corrected chi connectivity index (χ2v) is 6.24. The quantitative estimate of drug-likeness (QED) is 0.181. The first-order valence-corrected chi connectivity index (χ1v) is 9.92. The van der Waals surface area contributed by atoms with Crippen LogP contribution in [0.4, 0.5) is 11.4 Å². The van der Waals surface area contributed by atoms with Gasteiger partial charge in [0.15, 0.2) is 17.5 Å². The van der Waals surface area contributed by atoms with Crippen molar-refractivity contribution in [3.05, 3.63) is 42.5 Å². The summed E-state index contributed by atoms with van der Waals surface area (Å²) in [6.45, 7) is 7.54. The molecule has 0 aliphatic rings. The van der Waals surface area contributed by atoms with Crippen molar-refractivity contribution >= 4 is 47.2 Å². The zero-order valence-electron chi connectivity index (χ0n) is 18.4. The Labute approximate surface area is 200 Å². The number of carbonyl (C=O) groups excluding carboxylic acids is 1. The van der Waals surface area contributed by atoms with Crippen LogP contribution in [0.3, 0.4) is 0 Å². The van der Waals surface area contributed by atoms with E-state index >= 15 is 0 Å². The van der Waals surface area contributed by atoms with E-state index in [1.165, 1.54) is 6.92 Å². The Balaban J connectivity index is 0.00000480. The predicted octanol–water partition coefficient (Wildman–Crippen LogP) is 4.13. The molecule has 0 heterocycles. The fourth-order valence-corrected chi connectivity index (χ4v) is 2.65. The topological polar surface area (TPSA) is 93.2 Å². The zero-order chi connectivity index (χ0) is 21.8. The number of nitrogens with zero attached hydrogens (tertiary/aromatic N) is 1. The Kier molecular flexibility index (Phi) is 12.2. The molecular formula is C22H31IN4O4. The van der Waals surface area contributed by atoms with Crippen LogP contribution in [0, 0.1) is 0 Å². The molecule has 8 nitrogen and oxygen atoms in total. The Hall–Kier alpha value is -2.69. The SMILES string of the molecule is CCNC(=NCCOc1cccc(NC(C)=O)c1)Nc1ccc(OCC)c(OC)c1.I. The summed E-state index contributed by atoms with van der Waals surface area (Å²) in [5.41, 5.74) is 1.53. The van der Waals surface area contributed by atoms with E-state index in [1.807, 2.05) is 50.2 Å². The molecule has 0 saturated carbocycles. The molecule has 0 aliphatic heterocycles. The second kappa shape index (κ2) is 14.3. The fourth-order valence-electron chi connectivity index (χ4n) is 2.65. The molecular weight excluding hydrogens is 511 g/mol. The smallest absolute Gasteiger partial charge is 0.221 e. The first kappa shape index (κ1) is 26.3. The fraction of sp³-hybridized carbons (Fsp3) is 0.364. The summed E-state index contributed by atoms with van der Waals surface area (Å²) >= 11 is 0. The molecule has 0 spiro atoms. The highest BCUT2D eigenvalue weighted by Crippen LogP contribution is 2.30. The Morgan fingerprint density at radius 1 is 1.00 bits per heavy atom. The van der Waals surface area contributed by atoms with Crippen molar-refractivity contribution in [2.75, 3.05) is 44.0 Å². The van der Waals surface area contributed by atoms with Crippen molar-refractivity contribution in [2.45, 2.75) is 20.8 Å². The molecule has 0 aliphatic carbocycles. The number of benzene rings is 2. The zero-order valence-corrected chi connectivity index (χ0v) is 20.7. The molecule has 0 saturated heterocycles. The number of ether oxygens (including phenoxy) is 3. The minimum Gasteiger partial charge on any atom is -0.493 e. The van der Waals surface area contributed by atoms with E-state index in [4.69, 9.17) is 14.2 Å². The van der Waals surface area contributed by atoms with Crippen molar-refractivity contribution in [3.63, 3.8) is 0 Å².